The summed E-state index contributed by atoms with van der Waals surface area (Å²) < 4.78 is 25.4. The zero-order chi connectivity index (χ0) is 31.9. The lowest BCUT2D eigenvalue weighted by molar-refractivity contribution is -0.125. The number of piperidine rings is 1. The van der Waals surface area contributed by atoms with E-state index in [-0.39, 0.29) is 30.6 Å². The summed E-state index contributed by atoms with van der Waals surface area (Å²) in [5, 5.41) is 10.7. The van der Waals surface area contributed by atoms with Crippen molar-refractivity contribution < 1.29 is 28.5 Å². The Labute approximate surface area is 268 Å². The maximum Gasteiger partial charge on any atom is 0.258 e. The average molecular weight is 626 g/mol. The van der Waals surface area contributed by atoms with Gasteiger partial charge in [0, 0.05) is 56.0 Å². The van der Waals surface area contributed by atoms with E-state index in [2.05, 4.69) is 20.6 Å². The molecule has 4 bridgehead atoms. The number of nitrogens with zero attached hydrogens (tertiary/aromatic N) is 3. The number of para-hydroxylation sites is 1. The molecule has 3 aliphatic rings. The van der Waals surface area contributed by atoms with Crippen LogP contribution in [0.2, 0.25) is 0 Å². The van der Waals surface area contributed by atoms with Crippen molar-refractivity contribution in [3.63, 3.8) is 0 Å². The molecule has 2 atom stereocenters. The van der Waals surface area contributed by atoms with E-state index in [4.69, 9.17) is 18.9 Å². The molecule has 3 aliphatic heterocycles. The lowest BCUT2D eigenvalue weighted by Crippen LogP contribution is -2.57. The number of carbonyl (C=O) groups excluding carboxylic acids is 2. The maximum atomic E-state index is 13.3. The van der Waals surface area contributed by atoms with Gasteiger partial charge >= 0.3 is 0 Å². The van der Waals surface area contributed by atoms with E-state index in [0.29, 0.717) is 61.9 Å². The Hall–Kier alpha value is -5.03. The normalized spacial score (nSPS) is 19.3. The monoisotopic (exact) mass is 625 g/mol. The molecule has 1 fully saturated rings. The SMILES string of the molecule is COc1cc2ccc1CNC(=O)CCc1ccc(OC)c(c1)OCC(=O)N[C@@H]1CN(Cc3cnn(-c4ccccc4)c3)CC[C@@H]1O2. The van der Waals surface area contributed by atoms with E-state index >= 15 is 0 Å². The molecule has 0 radical (unpaired) electrons. The third kappa shape index (κ3) is 7.60. The van der Waals surface area contributed by atoms with Crippen LogP contribution in [-0.4, -0.2) is 72.6 Å². The number of aromatic nitrogens is 2. The van der Waals surface area contributed by atoms with Crippen LogP contribution >= 0.6 is 0 Å². The Morgan fingerprint density at radius 3 is 2.63 bits per heavy atom. The van der Waals surface area contributed by atoms with Gasteiger partial charge in [0.2, 0.25) is 5.91 Å². The molecule has 2 amide bonds. The van der Waals surface area contributed by atoms with Crippen molar-refractivity contribution in [1.29, 1.82) is 0 Å². The third-order valence-electron chi connectivity index (χ3n) is 8.29. The van der Waals surface area contributed by atoms with E-state index in [9.17, 15) is 9.59 Å². The number of likely N-dealkylation sites (tertiary alicyclic amines) is 1. The average Bonchev–Trinajstić information content (AvgIpc) is 3.55. The number of benzene rings is 3. The smallest absolute Gasteiger partial charge is 0.258 e. The second kappa shape index (κ2) is 14.4. The number of aryl methyl sites for hydroxylation is 1. The zero-order valence-electron chi connectivity index (χ0n) is 26.1. The van der Waals surface area contributed by atoms with E-state index in [0.717, 1.165) is 28.9 Å². The van der Waals surface area contributed by atoms with Gasteiger partial charge in [-0.2, -0.15) is 5.10 Å². The molecule has 7 rings (SSSR count). The van der Waals surface area contributed by atoms with Gasteiger partial charge < -0.3 is 29.6 Å². The molecule has 4 heterocycles. The summed E-state index contributed by atoms with van der Waals surface area (Å²) in [5.41, 5.74) is 3.82. The lowest BCUT2D eigenvalue weighted by Gasteiger charge is -2.38. The summed E-state index contributed by atoms with van der Waals surface area (Å²) in [6, 6.07) is 20.8. The van der Waals surface area contributed by atoms with E-state index in [1.807, 2.05) is 77.7 Å². The molecule has 0 unspecified atom stereocenters. The number of ether oxygens (including phenoxy) is 4. The van der Waals surface area contributed by atoms with Gasteiger partial charge in [0.05, 0.1) is 32.1 Å². The lowest BCUT2D eigenvalue weighted by atomic mass is 10.0. The Bertz CT molecular complexity index is 1660. The molecular formula is C35H39N5O6. The summed E-state index contributed by atoms with van der Waals surface area (Å²) in [4.78, 5) is 28.3. The first kappa shape index (κ1) is 31.0. The first-order chi connectivity index (χ1) is 22.5. The molecule has 1 aromatic heterocycles. The van der Waals surface area contributed by atoms with Crippen molar-refractivity contribution in [3.05, 3.63) is 95.8 Å². The van der Waals surface area contributed by atoms with Gasteiger partial charge in [-0.25, -0.2) is 4.68 Å². The molecule has 0 spiro atoms. The largest absolute Gasteiger partial charge is 0.496 e. The first-order valence-electron chi connectivity index (χ1n) is 15.5. The van der Waals surface area contributed by atoms with Crippen molar-refractivity contribution in [2.24, 2.45) is 0 Å². The topological polar surface area (TPSA) is 116 Å². The molecule has 0 saturated carbocycles. The van der Waals surface area contributed by atoms with Gasteiger partial charge in [0.1, 0.15) is 17.6 Å². The predicted octanol–water partition coefficient (Wildman–Crippen LogP) is 3.67. The number of amides is 2. The van der Waals surface area contributed by atoms with Gasteiger partial charge in [-0.15, -0.1) is 0 Å². The number of hydrogen-bond donors (Lipinski definition) is 2. The Morgan fingerprint density at radius 2 is 1.80 bits per heavy atom. The van der Waals surface area contributed by atoms with Crippen LogP contribution in [0.15, 0.2) is 79.1 Å². The molecular weight excluding hydrogens is 586 g/mol. The number of hydrogen-bond acceptors (Lipinski definition) is 8. The number of methoxy groups -OCH3 is 2. The molecule has 1 saturated heterocycles. The number of rotatable bonds is 5. The minimum atomic E-state index is -0.311. The highest BCUT2D eigenvalue weighted by atomic mass is 16.5. The fourth-order valence-corrected chi connectivity index (χ4v) is 5.88. The molecule has 2 N–H and O–H groups in total. The van der Waals surface area contributed by atoms with Crippen molar-refractivity contribution in [2.45, 2.75) is 44.5 Å². The van der Waals surface area contributed by atoms with Crippen LogP contribution in [0.25, 0.3) is 5.69 Å². The van der Waals surface area contributed by atoms with Crippen LogP contribution < -0.4 is 29.6 Å². The minimum Gasteiger partial charge on any atom is -0.496 e. The molecule has 3 aromatic carbocycles. The van der Waals surface area contributed by atoms with Gasteiger partial charge in [-0.3, -0.25) is 14.5 Å². The van der Waals surface area contributed by atoms with Crippen molar-refractivity contribution in [3.8, 4) is 28.7 Å². The maximum absolute atomic E-state index is 13.3. The zero-order valence-corrected chi connectivity index (χ0v) is 26.1. The van der Waals surface area contributed by atoms with Crippen molar-refractivity contribution in [2.75, 3.05) is 33.9 Å². The molecule has 11 nitrogen and oxygen atoms in total. The Kier molecular flexibility index (Phi) is 9.68. The molecule has 4 aromatic rings. The summed E-state index contributed by atoms with van der Waals surface area (Å²) in [6.45, 7) is 2.16. The van der Waals surface area contributed by atoms with Crippen LogP contribution in [0.5, 0.6) is 23.0 Å². The van der Waals surface area contributed by atoms with E-state index < -0.39 is 0 Å². The summed E-state index contributed by atoms with van der Waals surface area (Å²) in [6.07, 6.45) is 5.12. The standard InChI is InChI=1S/C35H39N5O6/c1-43-31-12-8-24-9-13-34(41)36-19-26-10-11-28(17-32(26)44-2)46-30-14-15-39(22-29(30)38-35(42)23-45-33(31)16-24)20-25-18-37-40(21-25)27-6-4-3-5-7-27/h3-8,10-12,16-18,21,29-30H,9,13-15,19-20,22-23H2,1-2H3,(H,36,41)(H,38,42)/t29-,30+/m1/s1. The highest BCUT2D eigenvalue weighted by molar-refractivity contribution is 5.78. The highest BCUT2D eigenvalue weighted by Crippen LogP contribution is 2.30. The quantitative estimate of drug-likeness (QED) is 0.345. The highest BCUT2D eigenvalue weighted by Gasteiger charge is 2.33. The Morgan fingerprint density at radius 1 is 0.957 bits per heavy atom. The number of fused-ring (bicyclic) bond motifs is 9. The van der Waals surface area contributed by atoms with Crippen LogP contribution in [0.4, 0.5) is 0 Å². The van der Waals surface area contributed by atoms with E-state index in [1.165, 1.54) is 0 Å². The third-order valence-corrected chi connectivity index (χ3v) is 8.29. The minimum absolute atomic E-state index is 0.0834. The van der Waals surface area contributed by atoms with Crippen LogP contribution in [0.1, 0.15) is 29.5 Å². The van der Waals surface area contributed by atoms with Gasteiger partial charge in [0.25, 0.3) is 5.91 Å². The van der Waals surface area contributed by atoms with Crippen LogP contribution in [-0.2, 0) is 29.1 Å². The van der Waals surface area contributed by atoms with Crippen LogP contribution in [0, 0.1) is 0 Å². The van der Waals surface area contributed by atoms with Gasteiger partial charge in [-0.05, 0) is 54.8 Å². The molecule has 46 heavy (non-hydrogen) atoms. The first-order valence-corrected chi connectivity index (χ1v) is 15.5. The van der Waals surface area contributed by atoms with Crippen LogP contribution in [0.3, 0.4) is 0 Å². The molecule has 240 valence electrons. The summed E-state index contributed by atoms with van der Waals surface area (Å²) in [5.74, 6) is 1.86. The second-order valence-corrected chi connectivity index (χ2v) is 11.5. The predicted molar refractivity (Wildman–Crippen MR) is 171 cm³/mol. The summed E-state index contributed by atoms with van der Waals surface area (Å²) >= 11 is 0. The van der Waals surface area contributed by atoms with Gasteiger partial charge in [0.15, 0.2) is 18.1 Å². The van der Waals surface area contributed by atoms with Crippen molar-refractivity contribution in [1.82, 2.24) is 25.3 Å². The van der Waals surface area contributed by atoms with Gasteiger partial charge in [-0.1, -0.05) is 24.3 Å². The van der Waals surface area contributed by atoms with E-state index in [1.54, 1.807) is 20.3 Å². The molecule has 0 aliphatic carbocycles. The number of carbonyl (C=O) groups is 2. The fraction of sp³-hybridized carbons (Fsp3) is 0.343. The number of nitrogens with one attached hydrogen (secondary N) is 2. The second-order valence-electron chi connectivity index (χ2n) is 11.5. The Balaban J connectivity index is 1.22. The van der Waals surface area contributed by atoms with Crippen molar-refractivity contribution >= 4 is 11.8 Å². The molecule has 11 heteroatoms. The summed E-state index contributed by atoms with van der Waals surface area (Å²) in [7, 11) is 3.15. The fourth-order valence-electron chi connectivity index (χ4n) is 5.88.